The van der Waals surface area contributed by atoms with Gasteiger partial charge in [-0.2, -0.15) is 0 Å². The van der Waals surface area contributed by atoms with Crippen molar-refractivity contribution in [2.24, 2.45) is 0 Å². The summed E-state index contributed by atoms with van der Waals surface area (Å²) in [4.78, 5) is 31.9. The van der Waals surface area contributed by atoms with E-state index in [1.807, 2.05) is 15.9 Å². The normalized spacial score (nSPS) is 15.4. The van der Waals surface area contributed by atoms with Crippen LogP contribution < -0.4 is 0 Å². The molecule has 1 aliphatic heterocycles. The highest BCUT2D eigenvalue weighted by atomic mass is 32.1. The molecule has 3 rings (SSSR count). The Balaban J connectivity index is 1.74. The molecule has 0 radical (unpaired) electrons. The van der Waals surface area contributed by atoms with Crippen molar-refractivity contribution in [3.8, 4) is 0 Å². The first-order valence-electron chi connectivity index (χ1n) is 12.8. The van der Waals surface area contributed by atoms with Crippen molar-refractivity contribution in [1.82, 2.24) is 9.80 Å². The first kappa shape index (κ1) is 25.5. The van der Waals surface area contributed by atoms with E-state index in [0.29, 0.717) is 19.5 Å². The van der Waals surface area contributed by atoms with Crippen molar-refractivity contribution < 1.29 is 9.59 Å². The third-order valence-electron chi connectivity index (χ3n) is 6.72. The van der Waals surface area contributed by atoms with E-state index in [1.165, 1.54) is 40.8 Å². The lowest BCUT2D eigenvalue weighted by atomic mass is 9.90. The van der Waals surface area contributed by atoms with Gasteiger partial charge >= 0.3 is 0 Å². The van der Waals surface area contributed by atoms with Gasteiger partial charge in [-0.25, -0.2) is 0 Å². The third-order valence-corrected chi connectivity index (χ3v) is 7.72. The van der Waals surface area contributed by atoms with Gasteiger partial charge in [-0.15, -0.1) is 11.3 Å². The Kier molecular flexibility index (Phi) is 9.98. The van der Waals surface area contributed by atoms with Gasteiger partial charge in [-0.05, 0) is 54.3 Å². The standard InChI is InChI=1S/C28H40N2O2S/c1-4-6-8-9-10-15-26(31)29(18-7-5-2)21-27(32)30-19-16-25-24(17-20-33-25)28(30)23-14-12-11-13-22(23)3/h11-14,17,20,28H,4-10,15-16,18-19,21H2,1-3H3. The van der Waals surface area contributed by atoms with Gasteiger partial charge in [0.1, 0.15) is 0 Å². The van der Waals surface area contributed by atoms with Gasteiger partial charge in [0.25, 0.3) is 0 Å². The van der Waals surface area contributed by atoms with Crippen LogP contribution >= 0.6 is 11.3 Å². The van der Waals surface area contributed by atoms with Gasteiger partial charge in [0, 0.05) is 24.4 Å². The monoisotopic (exact) mass is 468 g/mol. The van der Waals surface area contributed by atoms with Gasteiger partial charge in [0.05, 0.1) is 12.6 Å². The zero-order chi connectivity index (χ0) is 23.6. The Hall–Kier alpha value is -2.14. The fraction of sp³-hybridized carbons (Fsp3) is 0.571. The summed E-state index contributed by atoms with van der Waals surface area (Å²) in [6, 6.07) is 10.5. The summed E-state index contributed by atoms with van der Waals surface area (Å²) in [5.41, 5.74) is 3.63. The topological polar surface area (TPSA) is 40.6 Å². The molecule has 2 heterocycles. The summed E-state index contributed by atoms with van der Waals surface area (Å²) in [5, 5.41) is 2.14. The molecule has 1 aromatic heterocycles. The van der Waals surface area contributed by atoms with E-state index >= 15 is 0 Å². The summed E-state index contributed by atoms with van der Waals surface area (Å²) >= 11 is 1.79. The highest BCUT2D eigenvalue weighted by molar-refractivity contribution is 7.10. The molecule has 33 heavy (non-hydrogen) atoms. The fourth-order valence-corrected chi connectivity index (χ4v) is 5.65. The molecule has 0 bridgehead atoms. The number of thiophene rings is 1. The molecular formula is C28H40N2O2S. The summed E-state index contributed by atoms with van der Waals surface area (Å²) in [6.45, 7) is 8.02. The Morgan fingerprint density at radius 3 is 2.52 bits per heavy atom. The van der Waals surface area contributed by atoms with Gasteiger partial charge in [0.15, 0.2) is 0 Å². The molecule has 2 aromatic rings. The molecular weight excluding hydrogens is 428 g/mol. The van der Waals surface area contributed by atoms with Gasteiger partial charge in [-0.1, -0.05) is 70.2 Å². The number of carbonyl (C=O) groups excluding carboxylic acids is 2. The van der Waals surface area contributed by atoms with Crippen LogP contribution in [0.2, 0.25) is 0 Å². The second-order valence-electron chi connectivity index (χ2n) is 9.23. The van der Waals surface area contributed by atoms with E-state index in [1.54, 1.807) is 11.3 Å². The van der Waals surface area contributed by atoms with Crippen LogP contribution in [0.3, 0.4) is 0 Å². The van der Waals surface area contributed by atoms with Crippen LogP contribution in [0.4, 0.5) is 0 Å². The molecule has 0 saturated carbocycles. The van der Waals surface area contributed by atoms with Gasteiger partial charge in [0.2, 0.25) is 11.8 Å². The number of rotatable bonds is 12. The number of carbonyl (C=O) groups is 2. The SMILES string of the molecule is CCCCCCCC(=O)N(CCCC)CC(=O)N1CCc2sccc2C1c1ccccc1C. The Labute approximate surface area is 204 Å². The van der Waals surface area contributed by atoms with Gasteiger partial charge < -0.3 is 9.80 Å². The zero-order valence-corrected chi connectivity index (χ0v) is 21.5. The molecule has 1 aromatic carbocycles. The quantitative estimate of drug-likeness (QED) is 0.333. The molecule has 5 heteroatoms. The summed E-state index contributed by atoms with van der Waals surface area (Å²) < 4.78 is 0. The van der Waals surface area contributed by atoms with Crippen molar-refractivity contribution in [2.45, 2.75) is 84.6 Å². The zero-order valence-electron chi connectivity index (χ0n) is 20.6. The number of amides is 2. The summed E-state index contributed by atoms with van der Waals surface area (Å²) in [5.74, 6) is 0.199. The highest BCUT2D eigenvalue weighted by Gasteiger charge is 2.34. The van der Waals surface area contributed by atoms with E-state index in [0.717, 1.165) is 32.1 Å². The van der Waals surface area contributed by atoms with Crippen LogP contribution in [0.25, 0.3) is 0 Å². The number of hydrogen-bond donors (Lipinski definition) is 0. The predicted octanol–water partition coefficient (Wildman–Crippen LogP) is 6.52. The van der Waals surface area contributed by atoms with Crippen LogP contribution in [0.1, 0.15) is 92.8 Å². The second-order valence-corrected chi connectivity index (χ2v) is 10.2. The number of aryl methyl sites for hydroxylation is 1. The first-order chi connectivity index (χ1) is 16.1. The summed E-state index contributed by atoms with van der Waals surface area (Å²) in [6.07, 6.45) is 9.03. The molecule has 4 nitrogen and oxygen atoms in total. The van der Waals surface area contributed by atoms with E-state index in [9.17, 15) is 9.59 Å². The lowest BCUT2D eigenvalue weighted by molar-refractivity contribution is -0.141. The Morgan fingerprint density at radius 1 is 1.00 bits per heavy atom. The van der Waals surface area contributed by atoms with Gasteiger partial charge in [-0.3, -0.25) is 9.59 Å². The number of nitrogens with zero attached hydrogens (tertiary/aromatic N) is 2. The van der Waals surface area contributed by atoms with Crippen LogP contribution in [-0.4, -0.2) is 41.2 Å². The highest BCUT2D eigenvalue weighted by Crippen LogP contribution is 2.39. The minimum absolute atomic E-state index is 0.0640. The van der Waals surface area contributed by atoms with Crippen molar-refractivity contribution in [3.05, 3.63) is 57.3 Å². The molecule has 180 valence electrons. The molecule has 0 N–H and O–H groups in total. The van der Waals surface area contributed by atoms with Crippen molar-refractivity contribution in [3.63, 3.8) is 0 Å². The number of benzene rings is 1. The first-order valence-corrected chi connectivity index (χ1v) is 13.6. The fourth-order valence-electron chi connectivity index (χ4n) is 4.75. The van der Waals surface area contributed by atoms with E-state index in [4.69, 9.17) is 0 Å². The number of hydrogen-bond acceptors (Lipinski definition) is 3. The summed E-state index contributed by atoms with van der Waals surface area (Å²) in [7, 11) is 0. The molecule has 0 spiro atoms. The minimum atomic E-state index is -0.0640. The lowest BCUT2D eigenvalue weighted by Gasteiger charge is -2.38. The molecule has 0 fully saturated rings. The average Bonchev–Trinajstić information content (AvgIpc) is 3.30. The van der Waals surface area contributed by atoms with E-state index < -0.39 is 0 Å². The molecule has 1 atom stereocenters. The maximum absolute atomic E-state index is 13.7. The minimum Gasteiger partial charge on any atom is -0.333 e. The largest absolute Gasteiger partial charge is 0.333 e. The average molecular weight is 469 g/mol. The Bertz CT molecular complexity index is 907. The van der Waals surface area contributed by atoms with Crippen molar-refractivity contribution >= 4 is 23.2 Å². The van der Waals surface area contributed by atoms with Crippen LogP contribution in [-0.2, 0) is 16.0 Å². The molecule has 2 amide bonds. The Morgan fingerprint density at radius 2 is 1.76 bits per heavy atom. The second kappa shape index (κ2) is 12.9. The number of unbranched alkanes of at least 4 members (excludes halogenated alkanes) is 5. The molecule has 1 unspecified atom stereocenters. The molecule has 0 saturated heterocycles. The molecule has 0 aliphatic carbocycles. The van der Waals surface area contributed by atoms with Crippen molar-refractivity contribution in [2.75, 3.05) is 19.6 Å². The third kappa shape index (κ3) is 6.69. The molecule has 1 aliphatic rings. The van der Waals surface area contributed by atoms with E-state index in [-0.39, 0.29) is 24.4 Å². The van der Waals surface area contributed by atoms with Crippen molar-refractivity contribution in [1.29, 1.82) is 0 Å². The number of fused-ring (bicyclic) bond motifs is 1. The lowest BCUT2D eigenvalue weighted by Crippen LogP contribution is -2.47. The van der Waals surface area contributed by atoms with Crippen LogP contribution in [0, 0.1) is 6.92 Å². The maximum atomic E-state index is 13.7. The smallest absolute Gasteiger partial charge is 0.242 e. The maximum Gasteiger partial charge on any atom is 0.242 e. The predicted molar refractivity (Wildman–Crippen MR) is 138 cm³/mol. The van der Waals surface area contributed by atoms with Crippen LogP contribution in [0.5, 0.6) is 0 Å². The van der Waals surface area contributed by atoms with Crippen LogP contribution in [0.15, 0.2) is 35.7 Å². The van der Waals surface area contributed by atoms with E-state index in [2.05, 4.69) is 50.4 Å².